The third-order valence-corrected chi connectivity index (χ3v) is 10.7. The fraction of sp³-hybridized carbons (Fsp3) is 0. The molecule has 0 fully saturated rings. The van der Waals surface area contributed by atoms with Crippen LogP contribution in [0.1, 0.15) is 32.1 Å². The molecule has 1 aliphatic heterocycles. The first kappa shape index (κ1) is 34.1. The van der Waals surface area contributed by atoms with Gasteiger partial charge in [-0.15, -0.1) is 0 Å². The highest BCUT2D eigenvalue weighted by atomic mass is 16.2. The Balaban J connectivity index is 1.22. The predicted molar refractivity (Wildman–Crippen MR) is 225 cm³/mol. The lowest BCUT2D eigenvalue weighted by molar-refractivity contribution is 0.0926. The smallest absolute Gasteiger partial charge is 0.268 e. The standard InChI is InChI=1S/C50H28N6O2/c51-29-35-15-7-19-41(53-35)33-23-25-38-39-26-24-34(42-20-8-16-36(30-52)54-42)28-46(39)55(45(38)27-33)44-22-10-18-40-48(44)50(58)56(49(40)57)43-21-9-17-37(31-11-3-1-4-12-31)47(43)32-13-5-2-6-14-32/h1-28H. The molecular weight excluding hydrogens is 717 g/mol. The number of nitrogens with zero attached hydrogens (tertiary/aromatic N) is 6. The number of benzene rings is 6. The van der Waals surface area contributed by atoms with Crippen LogP contribution in [-0.4, -0.2) is 26.3 Å². The number of anilines is 1. The number of fused-ring (bicyclic) bond motifs is 4. The van der Waals surface area contributed by atoms with Crippen molar-refractivity contribution in [1.29, 1.82) is 10.5 Å². The Morgan fingerprint density at radius 3 is 1.52 bits per heavy atom. The molecule has 9 aromatic rings. The van der Waals surface area contributed by atoms with Gasteiger partial charge in [0, 0.05) is 27.5 Å². The molecule has 0 atom stereocenters. The van der Waals surface area contributed by atoms with Crippen LogP contribution in [0.4, 0.5) is 5.69 Å². The van der Waals surface area contributed by atoms with Gasteiger partial charge >= 0.3 is 0 Å². The summed E-state index contributed by atoms with van der Waals surface area (Å²) in [5.41, 5.74) is 10.0. The number of aromatic nitrogens is 3. The molecule has 3 aromatic heterocycles. The summed E-state index contributed by atoms with van der Waals surface area (Å²) in [4.78, 5) is 40.3. The van der Waals surface area contributed by atoms with Gasteiger partial charge in [0.25, 0.3) is 11.8 Å². The van der Waals surface area contributed by atoms with E-state index in [-0.39, 0.29) is 5.56 Å². The predicted octanol–water partition coefficient (Wildman–Crippen LogP) is 10.8. The Morgan fingerprint density at radius 1 is 0.431 bits per heavy atom. The summed E-state index contributed by atoms with van der Waals surface area (Å²) in [5, 5.41) is 21.0. The molecule has 0 spiro atoms. The second kappa shape index (κ2) is 13.7. The molecule has 6 aromatic carbocycles. The quantitative estimate of drug-likeness (QED) is 0.157. The van der Waals surface area contributed by atoms with Gasteiger partial charge in [0.1, 0.15) is 23.5 Å². The summed E-state index contributed by atoms with van der Waals surface area (Å²) < 4.78 is 2.02. The van der Waals surface area contributed by atoms with Crippen molar-refractivity contribution < 1.29 is 9.59 Å². The zero-order valence-electron chi connectivity index (χ0n) is 30.7. The van der Waals surface area contributed by atoms with Crippen molar-refractivity contribution in [2.24, 2.45) is 0 Å². The maximum atomic E-state index is 15.2. The average Bonchev–Trinajstić information content (AvgIpc) is 3.75. The molecule has 0 saturated heterocycles. The van der Waals surface area contributed by atoms with Gasteiger partial charge in [-0.25, -0.2) is 14.9 Å². The van der Waals surface area contributed by atoms with E-state index in [0.717, 1.165) is 55.2 Å². The fourth-order valence-corrected chi connectivity index (χ4v) is 8.08. The van der Waals surface area contributed by atoms with Crippen LogP contribution in [0, 0.1) is 22.7 Å². The van der Waals surface area contributed by atoms with Gasteiger partial charge < -0.3 is 4.57 Å². The molecule has 270 valence electrons. The molecule has 1 aliphatic rings. The lowest BCUT2D eigenvalue weighted by atomic mass is 9.92. The lowest BCUT2D eigenvalue weighted by Gasteiger charge is -2.22. The van der Waals surface area contributed by atoms with Gasteiger partial charge in [-0.2, -0.15) is 10.5 Å². The molecule has 2 amide bonds. The van der Waals surface area contributed by atoms with E-state index in [1.165, 1.54) is 4.90 Å². The SMILES string of the molecule is N#Cc1cccc(-c2ccc3c4ccc(-c5cccc(C#N)n5)cc4n(-c4cccc5c4C(=O)N(c4cccc(-c6ccccc6)c4-c4ccccc4)C5=O)c3c2)n1. The van der Waals surface area contributed by atoms with E-state index >= 15 is 4.79 Å². The summed E-state index contributed by atoms with van der Waals surface area (Å²) in [6, 6.07) is 57.8. The molecule has 0 bridgehead atoms. The van der Waals surface area contributed by atoms with Gasteiger partial charge in [-0.3, -0.25) is 9.59 Å². The van der Waals surface area contributed by atoms with Crippen molar-refractivity contribution in [3.8, 4) is 62.6 Å². The van der Waals surface area contributed by atoms with Crippen molar-refractivity contribution in [2.45, 2.75) is 0 Å². The number of hydrogen-bond donors (Lipinski definition) is 0. The van der Waals surface area contributed by atoms with Crippen LogP contribution in [0.3, 0.4) is 0 Å². The average molecular weight is 745 g/mol. The zero-order valence-corrected chi connectivity index (χ0v) is 30.7. The topological polar surface area (TPSA) is 116 Å². The molecule has 0 aliphatic carbocycles. The van der Waals surface area contributed by atoms with E-state index in [2.05, 4.69) is 22.1 Å². The number of carbonyl (C=O) groups excluding carboxylic acids is 2. The number of imide groups is 1. The molecule has 0 radical (unpaired) electrons. The van der Waals surface area contributed by atoms with Crippen LogP contribution in [0.25, 0.3) is 72.3 Å². The van der Waals surface area contributed by atoms with E-state index in [1.54, 1.807) is 30.3 Å². The molecule has 58 heavy (non-hydrogen) atoms. The van der Waals surface area contributed by atoms with Gasteiger partial charge in [-0.05, 0) is 71.3 Å². The Bertz CT molecular complexity index is 3130. The van der Waals surface area contributed by atoms with Crippen LogP contribution in [-0.2, 0) is 0 Å². The Kier molecular flexibility index (Phi) is 8.04. The summed E-state index contributed by atoms with van der Waals surface area (Å²) >= 11 is 0. The van der Waals surface area contributed by atoms with Crippen LogP contribution in [0.5, 0.6) is 0 Å². The maximum Gasteiger partial charge on any atom is 0.268 e. The molecule has 8 heteroatoms. The van der Waals surface area contributed by atoms with Crippen molar-refractivity contribution in [3.05, 3.63) is 192 Å². The van der Waals surface area contributed by atoms with Gasteiger partial charge in [0.15, 0.2) is 0 Å². The van der Waals surface area contributed by atoms with Crippen LogP contribution >= 0.6 is 0 Å². The highest BCUT2D eigenvalue weighted by Crippen LogP contribution is 2.44. The molecule has 0 saturated carbocycles. The largest absolute Gasteiger partial charge is 0.308 e. The van der Waals surface area contributed by atoms with E-state index in [1.807, 2.05) is 144 Å². The third-order valence-electron chi connectivity index (χ3n) is 10.7. The summed E-state index contributed by atoms with van der Waals surface area (Å²) in [5.74, 6) is -0.853. The van der Waals surface area contributed by atoms with Crippen LogP contribution < -0.4 is 4.90 Å². The Morgan fingerprint density at radius 2 is 0.948 bits per heavy atom. The number of amides is 2. The highest BCUT2D eigenvalue weighted by Gasteiger charge is 2.41. The van der Waals surface area contributed by atoms with Crippen molar-refractivity contribution >= 4 is 39.3 Å². The normalized spacial score (nSPS) is 12.1. The van der Waals surface area contributed by atoms with Crippen molar-refractivity contribution in [3.63, 3.8) is 0 Å². The Labute approximate surface area is 332 Å². The van der Waals surface area contributed by atoms with E-state index in [4.69, 9.17) is 0 Å². The number of nitriles is 2. The minimum Gasteiger partial charge on any atom is -0.308 e. The van der Waals surface area contributed by atoms with Gasteiger partial charge in [0.05, 0.1) is 44.9 Å². The monoisotopic (exact) mass is 744 g/mol. The van der Waals surface area contributed by atoms with E-state index < -0.39 is 11.8 Å². The van der Waals surface area contributed by atoms with Gasteiger partial charge in [-0.1, -0.05) is 115 Å². The first-order valence-corrected chi connectivity index (χ1v) is 18.6. The van der Waals surface area contributed by atoms with E-state index in [0.29, 0.717) is 39.7 Å². The van der Waals surface area contributed by atoms with Gasteiger partial charge in [0.2, 0.25) is 0 Å². The summed E-state index contributed by atoms with van der Waals surface area (Å²) in [6.07, 6.45) is 0. The second-order valence-corrected chi connectivity index (χ2v) is 13.9. The number of carbonyl (C=O) groups is 2. The Hall–Kier alpha value is -8.46. The molecular formula is C50H28N6O2. The summed E-state index contributed by atoms with van der Waals surface area (Å²) in [6.45, 7) is 0. The fourth-order valence-electron chi connectivity index (χ4n) is 8.08. The number of rotatable bonds is 6. The van der Waals surface area contributed by atoms with Crippen LogP contribution in [0.15, 0.2) is 170 Å². The lowest BCUT2D eigenvalue weighted by Crippen LogP contribution is -2.30. The minimum atomic E-state index is -0.438. The molecule has 4 heterocycles. The molecule has 8 nitrogen and oxygen atoms in total. The number of hydrogen-bond acceptors (Lipinski definition) is 6. The number of pyridine rings is 2. The first-order chi connectivity index (χ1) is 28.5. The zero-order chi connectivity index (χ0) is 39.3. The minimum absolute atomic E-state index is 0.278. The molecule has 0 unspecified atom stereocenters. The second-order valence-electron chi connectivity index (χ2n) is 13.9. The van der Waals surface area contributed by atoms with Crippen molar-refractivity contribution in [1.82, 2.24) is 14.5 Å². The highest BCUT2D eigenvalue weighted by molar-refractivity contribution is 6.37. The molecule has 10 rings (SSSR count). The third kappa shape index (κ3) is 5.44. The summed E-state index contributed by atoms with van der Waals surface area (Å²) in [7, 11) is 0. The first-order valence-electron chi connectivity index (χ1n) is 18.6. The van der Waals surface area contributed by atoms with E-state index in [9.17, 15) is 15.3 Å². The maximum absolute atomic E-state index is 15.2. The molecule has 0 N–H and O–H groups in total. The van der Waals surface area contributed by atoms with Crippen LogP contribution in [0.2, 0.25) is 0 Å². The van der Waals surface area contributed by atoms with Crippen molar-refractivity contribution in [2.75, 3.05) is 4.90 Å².